The van der Waals surface area contributed by atoms with Gasteiger partial charge in [0.15, 0.2) is 11.6 Å². The molecule has 1 aliphatic heterocycles. The van der Waals surface area contributed by atoms with Crippen molar-refractivity contribution in [3.63, 3.8) is 0 Å². The molecule has 2 fully saturated rings. The Kier molecular flexibility index (Phi) is 3.60. The standard InChI is InChI=1S/C16H18F2N2/c17-15-12(10-19)7-8-14(16(15)18)20-9-3-5-11-4-1-2-6-13(11)20/h7-8,11,13H,1-6,9H2/t11-,13-/m1/s1. The van der Waals surface area contributed by atoms with E-state index >= 15 is 0 Å². The molecule has 2 aliphatic rings. The highest BCUT2D eigenvalue weighted by molar-refractivity contribution is 5.53. The largest absolute Gasteiger partial charge is 0.366 e. The number of nitrogens with zero attached hydrogens (tertiary/aromatic N) is 2. The summed E-state index contributed by atoms with van der Waals surface area (Å²) >= 11 is 0. The van der Waals surface area contributed by atoms with E-state index in [1.165, 1.54) is 25.3 Å². The van der Waals surface area contributed by atoms with Crippen LogP contribution in [0, 0.1) is 28.9 Å². The third kappa shape index (κ3) is 2.15. The number of piperidine rings is 1. The number of benzene rings is 1. The highest BCUT2D eigenvalue weighted by Crippen LogP contribution is 2.39. The summed E-state index contributed by atoms with van der Waals surface area (Å²) in [6.07, 6.45) is 6.90. The molecule has 2 nitrogen and oxygen atoms in total. The second-order valence-corrected chi connectivity index (χ2v) is 5.82. The maximum Gasteiger partial charge on any atom is 0.183 e. The summed E-state index contributed by atoms with van der Waals surface area (Å²) in [6.45, 7) is 0.781. The smallest absolute Gasteiger partial charge is 0.183 e. The van der Waals surface area contributed by atoms with Gasteiger partial charge in [0.25, 0.3) is 0 Å². The van der Waals surface area contributed by atoms with Crippen LogP contribution in [0.2, 0.25) is 0 Å². The monoisotopic (exact) mass is 276 g/mol. The van der Waals surface area contributed by atoms with Crippen molar-refractivity contribution < 1.29 is 8.78 Å². The van der Waals surface area contributed by atoms with Gasteiger partial charge in [-0.2, -0.15) is 5.26 Å². The van der Waals surface area contributed by atoms with Crippen molar-refractivity contribution in [1.29, 1.82) is 5.26 Å². The topological polar surface area (TPSA) is 27.0 Å². The van der Waals surface area contributed by atoms with Crippen LogP contribution in [0.1, 0.15) is 44.1 Å². The summed E-state index contributed by atoms with van der Waals surface area (Å²) in [5, 5.41) is 8.76. The Bertz CT molecular complexity index is 548. The second-order valence-electron chi connectivity index (χ2n) is 5.82. The fourth-order valence-electron chi connectivity index (χ4n) is 3.77. The summed E-state index contributed by atoms with van der Waals surface area (Å²) in [5.74, 6) is -1.27. The van der Waals surface area contributed by atoms with Crippen LogP contribution < -0.4 is 4.90 Å². The summed E-state index contributed by atoms with van der Waals surface area (Å²) in [5.41, 5.74) is 0.113. The molecule has 20 heavy (non-hydrogen) atoms. The van der Waals surface area contributed by atoms with Crippen LogP contribution in [0.3, 0.4) is 0 Å². The summed E-state index contributed by atoms with van der Waals surface area (Å²) < 4.78 is 28.0. The molecule has 1 saturated heterocycles. The van der Waals surface area contributed by atoms with Crippen molar-refractivity contribution in [1.82, 2.24) is 0 Å². The molecule has 1 heterocycles. The summed E-state index contributed by atoms with van der Waals surface area (Å²) in [7, 11) is 0. The molecule has 0 aromatic heterocycles. The van der Waals surface area contributed by atoms with Crippen LogP contribution in [-0.2, 0) is 0 Å². The Morgan fingerprint density at radius 3 is 2.60 bits per heavy atom. The molecule has 0 amide bonds. The van der Waals surface area contributed by atoms with Crippen molar-refractivity contribution in [2.24, 2.45) is 5.92 Å². The molecule has 0 unspecified atom stereocenters. The third-order valence-corrected chi connectivity index (χ3v) is 4.74. The molecule has 0 spiro atoms. The lowest BCUT2D eigenvalue weighted by atomic mass is 9.78. The average Bonchev–Trinajstić information content (AvgIpc) is 2.50. The zero-order valence-electron chi connectivity index (χ0n) is 11.4. The predicted octanol–water partition coefficient (Wildman–Crippen LogP) is 4.00. The number of fused-ring (bicyclic) bond motifs is 1. The maximum atomic E-state index is 14.2. The van der Waals surface area contributed by atoms with Gasteiger partial charge in [0, 0.05) is 12.6 Å². The van der Waals surface area contributed by atoms with E-state index in [1.54, 1.807) is 12.1 Å². The van der Waals surface area contributed by atoms with E-state index in [1.807, 2.05) is 4.90 Å². The van der Waals surface area contributed by atoms with Crippen LogP contribution in [0.15, 0.2) is 12.1 Å². The molecule has 2 atom stereocenters. The minimum absolute atomic E-state index is 0.219. The van der Waals surface area contributed by atoms with Crippen molar-refractivity contribution in [3.05, 3.63) is 29.3 Å². The highest BCUT2D eigenvalue weighted by Gasteiger charge is 2.34. The molecule has 3 rings (SSSR count). The van der Waals surface area contributed by atoms with E-state index in [2.05, 4.69) is 0 Å². The van der Waals surface area contributed by atoms with Crippen LogP contribution >= 0.6 is 0 Å². The molecular formula is C16H18F2N2. The van der Waals surface area contributed by atoms with Gasteiger partial charge in [0.1, 0.15) is 6.07 Å². The molecule has 1 aliphatic carbocycles. The minimum atomic E-state index is -1.01. The lowest BCUT2D eigenvalue weighted by Crippen LogP contribution is -2.47. The van der Waals surface area contributed by atoms with E-state index < -0.39 is 11.6 Å². The van der Waals surface area contributed by atoms with Crippen molar-refractivity contribution >= 4 is 5.69 Å². The zero-order valence-corrected chi connectivity index (χ0v) is 11.4. The normalized spacial score (nSPS) is 25.9. The van der Waals surface area contributed by atoms with Crippen LogP contribution in [0.5, 0.6) is 0 Å². The van der Waals surface area contributed by atoms with Gasteiger partial charge < -0.3 is 4.90 Å². The van der Waals surface area contributed by atoms with Crippen molar-refractivity contribution in [2.45, 2.75) is 44.6 Å². The highest BCUT2D eigenvalue weighted by atomic mass is 19.2. The first-order chi connectivity index (χ1) is 9.72. The third-order valence-electron chi connectivity index (χ3n) is 4.74. The number of anilines is 1. The molecule has 4 heteroatoms. The number of hydrogen-bond acceptors (Lipinski definition) is 2. The zero-order chi connectivity index (χ0) is 14.1. The van der Waals surface area contributed by atoms with Crippen LogP contribution in [-0.4, -0.2) is 12.6 Å². The lowest BCUT2D eigenvalue weighted by Gasteiger charge is -2.45. The first-order valence-electron chi connectivity index (χ1n) is 7.37. The first-order valence-corrected chi connectivity index (χ1v) is 7.37. The fraction of sp³-hybridized carbons (Fsp3) is 0.562. The van der Waals surface area contributed by atoms with Crippen molar-refractivity contribution in [2.75, 3.05) is 11.4 Å². The molecule has 1 aromatic carbocycles. The van der Waals surface area contributed by atoms with Gasteiger partial charge in [-0.25, -0.2) is 8.78 Å². The van der Waals surface area contributed by atoms with Crippen molar-refractivity contribution in [3.8, 4) is 6.07 Å². The second kappa shape index (κ2) is 5.40. The number of rotatable bonds is 1. The number of halogens is 2. The van der Waals surface area contributed by atoms with E-state index in [0.717, 1.165) is 25.8 Å². The Balaban J connectivity index is 1.95. The molecule has 0 N–H and O–H groups in total. The van der Waals surface area contributed by atoms with E-state index in [9.17, 15) is 8.78 Å². The first kappa shape index (κ1) is 13.4. The Hall–Kier alpha value is -1.63. The van der Waals surface area contributed by atoms with E-state index in [0.29, 0.717) is 17.6 Å². The number of hydrogen-bond donors (Lipinski definition) is 0. The molecule has 1 aromatic rings. The predicted molar refractivity (Wildman–Crippen MR) is 73.4 cm³/mol. The Morgan fingerprint density at radius 1 is 1.05 bits per heavy atom. The molecular weight excluding hydrogens is 258 g/mol. The van der Waals surface area contributed by atoms with Gasteiger partial charge in [-0.3, -0.25) is 0 Å². The Labute approximate surface area is 118 Å². The summed E-state index contributed by atoms with van der Waals surface area (Å²) in [4.78, 5) is 2.03. The number of nitriles is 1. The van der Waals surface area contributed by atoms with Gasteiger partial charge in [0.05, 0.1) is 11.3 Å². The molecule has 0 radical (unpaired) electrons. The minimum Gasteiger partial charge on any atom is -0.366 e. The molecule has 106 valence electrons. The van der Waals surface area contributed by atoms with Crippen LogP contribution in [0.4, 0.5) is 14.5 Å². The molecule has 1 saturated carbocycles. The van der Waals surface area contributed by atoms with E-state index in [4.69, 9.17) is 5.26 Å². The van der Waals surface area contributed by atoms with E-state index in [-0.39, 0.29) is 5.56 Å². The Morgan fingerprint density at radius 2 is 1.80 bits per heavy atom. The summed E-state index contributed by atoms with van der Waals surface area (Å²) in [6, 6.07) is 4.97. The van der Waals surface area contributed by atoms with Crippen LogP contribution in [0.25, 0.3) is 0 Å². The SMILES string of the molecule is N#Cc1ccc(N2CCC[C@H]3CCCC[C@H]32)c(F)c1F. The van der Waals surface area contributed by atoms with Gasteiger partial charge >= 0.3 is 0 Å². The van der Waals surface area contributed by atoms with Gasteiger partial charge in [-0.05, 0) is 43.7 Å². The van der Waals surface area contributed by atoms with Gasteiger partial charge in [-0.1, -0.05) is 12.8 Å². The van der Waals surface area contributed by atoms with Gasteiger partial charge in [-0.15, -0.1) is 0 Å². The fourth-order valence-corrected chi connectivity index (χ4v) is 3.77. The average molecular weight is 276 g/mol. The lowest BCUT2D eigenvalue weighted by molar-refractivity contribution is 0.242. The maximum absolute atomic E-state index is 14.2. The van der Waals surface area contributed by atoms with Gasteiger partial charge in [0.2, 0.25) is 0 Å². The quantitative estimate of drug-likeness (QED) is 0.775. The molecule has 0 bridgehead atoms.